The largest absolute Gasteiger partial charge is 0.394 e. The molecule has 2 unspecified atom stereocenters. The second-order valence-electron chi connectivity index (χ2n) is 10.1. The number of aliphatic imine (C=N–C) groups is 2. The van der Waals surface area contributed by atoms with Crippen molar-refractivity contribution in [2.45, 2.75) is 36.7 Å². The Labute approximate surface area is 230 Å². The molecular weight excluding hydrogens is 516 g/mol. The van der Waals surface area contributed by atoms with Gasteiger partial charge < -0.3 is 25.4 Å². The van der Waals surface area contributed by atoms with E-state index < -0.39 is 21.1 Å². The third-order valence-corrected chi connectivity index (χ3v) is 10.5. The van der Waals surface area contributed by atoms with E-state index in [4.69, 9.17) is 11.0 Å². The summed E-state index contributed by atoms with van der Waals surface area (Å²) in [5, 5.41) is 11.7. The fourth-order valence-electron chi connectivity index (χ4n) is 4.78. The zero-order valence-electron chi connectivity index (χ0n) is 22.6. The van der Waals surface area contributed by atoms with Crippen LogP contribution in [0.5, 0.6) is 0 Å². The highest BCUT2D eigenvalue weighted by molar-refractivity contribution is 8.28. The molecule has 2 aliphatic heterocycles. The highest BCUT2D eigenvalue weighted by atomic mass is 32.3. The van der Waals surface area contributed by atoms with E-state index in [9.17, 15) is 14.1 Å². The third-order valence-electron chi connectivity index (χ3n) is 7.55. The Hall–Kier alpha value is -3.66. The van der Waals surface area contributed by atoms with E-state index in [1.807, 2.05) is 30.5 Å². The lowest BCUT2D eigenvalue weighted by Crippen LogP contribution is -2.50. The molecule has 39 heavy (non-hydrogen) atoms. The van der Waals surface area contributed by atoms with Crippen molar-refractivity contribution in [2.75, 3.05) is 40.0 Å². The van der Waals surface area contributed by atoms with Crippen molar-refractivity contribution in [1.29, 1.82) is 5.26 Å². The van der Waals surface area contributed by atoms with Gasteiger partial charge in [0.25, 0.3) is 11.8 Å². The number of amides is 2. The summed E-state index contributed by atoms with van der Waals surface area (Å²) in [7, 11) is 1.23. The van der Waals surface area contributed by atoms with Crippen LogP contribution in [-0.2, 0) is 16.1 Å². The molecule has 0 radical (unpaired) electrons. The number of nitrogens with two attached hydrogens (primary N) is 1. The van der Waals surface area contributed by atoms with Crippen molar-refractivity contribution in [1.82, 2.24) is 19.8 Å². The van der Waals surface area contributed by atoms with Gasteiger partial charge in [-0.05, 0) is 43.0 Å². The van der Waals surface area contributed by atoms with Crippen LogP contribution < -0.4 is 15.8 Å². The number of hydrogen-bond donors (Lipinski definition) is 4. The second kappa shape index (κ2) is 11.6. The molecule has 1 saturated heterocycles. The van der Waals surface area contributed by atoms with Gasteiger partial charge >= 0.3 is 0 Å². The molecule has 1 aromatic carbocycles. The zero-order chi connectivity index (χ0) is 28.2. The van der Waals surface area contributed by atoms with Crippen molar-refractivity contribution in [3.63, 3.8) is 0 Å². The maximum atomic E-state index is 13.4. The normalized spacial score (nSPS) is 24.6. The van der Waals surface area contributed by atoms with Gasteiger partial charge in [-0.25, -0.2) is 0 Å². The lowest BCUT2D eigenvalue weighted by Gasteiger charge is -2.43. The number of hydrogen-bond acceptors (Lipinski definition) is 9. The van der Waals surface area contributed by atoms with Gasteiger partial charge in [0.05, 0.1) is 16.4 Å². The molecule has 1 aromatic rings. The van der Waals surface area contributed by atoms with Crippen LogP contribution in [-0.4, -0.2) is 89.0 Å². The van der Waals surface area contributed by atoms with E-state index in [-0.39, 0.29) is 30.0 Å². The van der Waals surface area contributed by atoms with Gasteiger partial charge in [-0.15, -0.1) is 0 Å². The standard InChI is InChI=1S/C27H36N8O3S/c1-30-24-21(23(29)25(36)32-16-20-7-5-19(15-28)6-8-20)9-14-35(26(24)37)18-27(10-11-27)39(3,38)33-17-22-31-12-4-13-34(22)2/h4-8,12-13,22,33,38H,9-11,14,16-18,29H2,1-3H3,(H,32,36)/b23-21-,30-24?. The Morgan fingerprint density at radius 1 is 1.36 bits per heavy atom. The Morgan fingerprint density at radius 2 is 2.08 bits per heavy atom. The van der Waals surface area contributed by atoms with E-state index in [0.717, 1.165) is 18.4 Å². The maximum absolute atomic E-state index is 13.4. The Morgan fingerprint density at radius 3 is 2.69 bits per heavy atom. The number of likely N-dealkylation sites (tertiary alicyclic amines) is 1. The van der Waals surface area contributed by atoms with Gasteiger partial charge in [-0.1, -0.05) is 22.6 Å². The number of piperidine rings is 1. The first-order valence-electron chi connectivity index (χ1n) is 12.8. The molecule has 1 saturated carbocycles. The zero-order valence-corrected chi connectivity index (χ0v) is 23.4. The molecule has 2 fully saturated rings. The maximum Gasteiger partial charge on any atom is 0.272 e. The summed E-state index contributed by atoms with van der Waals surface area (Å²) in [4.78, 5) is 38.6. The molecule has 0 aromatic heterocycles. The van der Waals surface area contributed by atoms with Crippen LogP contribution in [0.4, 0.5) is 0 Å². The monoisotopic (exact) mass is 552 g/mol. The topological polar surface area (TPSA) is 159 Å². The average Bonchev–Trinajstić information content (AvgIpc) is 3.73. The van der Waals surface area contributed by atoms with Crippen LogP contribution in [0.2, 0.25) is 0 Å². The minimum Gasteiger partial charge on any atom is -0.394 e. The number of nitriles is 1. The highest BCUT2D eigenvalue weighted by Gasteiger charge is 2.55. The molecule has 1 aliphatic carbocycles. The van der Waals surface area contributed by atoms with Gasteiger partial charge in [0.1, 0.15) is 17.6 Å². The first-order valence-corrected chi connectivity index (χ1v) is 14.8. The Bertz CT molecular complexity index is 1270. The number of benzene rings is 1. The highest BCUT2D eigenvalue weighted by Crippen LogP contribution is 2.64. The van der Waals surface area contributed by atoms with Crippen LogP contribution >= 0.6 is 10.5 Å². The molecule has 4 rings (SSSR count). The number of allylic oxidation sites excluding steroid dienone is 1. The summed E-state index contributed by atoms with van der Waals surface area (Å²) in [6.45, 7) is 1.53. The molecule has 2 heterocycles. The lowest BCUT2D eigenvalue weighted by atomic mass is 9.97. The minimum absolute atomic E-state index is 0.0242. The van der Waals surface area contributed by atoms with Gasteiger partial charge in [0, 0.05) is 64.5 Å². The number of likely N-dealkylation sites (N-methyl/N-ethyl adjacent to an activating group) is 1. The number of rotatable bonds is 9. The van der Waals surface area contributed by atoms with Gasteiger partial charge in [-0.3, -0.25) is 24.3 Å². The Balaban J connectivity index is 1.38. The SMILES string of the molecule is CN=C1C(=O)N(CC2(S(C)(O)NCC3N=CC=CN3C)CC2)CC/C1=C(/N)C(=O)NCc1ccc(C#N)cc1. The minimum atomic E-state index is -2.23. The smallest absolute Gasteiger partial charge is 0.272 e. The summed E-state index contributed by atoms with van der Waals surface area (Å²) >= 11 is 0. The predicted octanol–water partition coefficient (Wildman–Crippen LogP) is 1.49. The molecule has 208 valence electrons. The molecule has 0 spiro atoms. The third kappa shape index (κ3) is 6.16. The predicted molar refractivity (Wildman–Crippen MR) is 154 cm³/mol. The van der Waals surface area contributed by atoms with Crippen LogP contribution in [0.15, 0.2) is 57.8 Å². The molecule has 2 atom stereocenters. The summed E-state index contributed by atoms with van der Waals surface area (Å²) in [5.74, 6) is -0.762. The summed E-state index contributed by atoms with van der Waals surface area (Å²) < 4.78 is 14.4. The molecule has 12 heteroatoms. The summed E-state index contributed by atoms with van der Waals surface area (Å²) in [6.07, 6.45) is 9.33. The molecule has 3 aliphatic rings. The van der Waals surface area contributed by atoms with E-state index in [1.54, 1.807) is 35.4 Å². The van der Waals surface area contributed by atoms with Crippen LogP contribution in [0.3, 0.4) is 0 Å². The van der Waals surface area contributed by atoms with Crippen LogP contribution in [0.25, 0.3) is 0 Å². The number of carbonyl (C=O) groups is 2. The molecule has 0 bridgehead atoms. The molecule has 2 amide bonds. The second-order valence-corrected chi connectivity index (χ2v) is 13.0. The Kier molecular flexibility index (Phi) is 8.44. The fourth-order valence-corrected chi connectivity index (χ4v) is 6.87. The van der Waals surface area contributed by atoms with Crippen molar-refractivity contribution >= 4 is 34.2 Å². The quantitative estimate of drug-likeness (QED) is 0.338. The van der Waals surface area contributed by atoms with Gasteiger partial charge in [0.15, 0.2) is 0 Å². The number of nitrogens with one attached hydrogen (secondary N) is 2. The van der Waals surface area contributed by atoms with Crippen molar-refractivity contribution in [3.8, 4) is 6.07 Å². The van der Waals surface area contributed by atoms with Crippen molar-refractivity contribution < 1.29 is 14.1 Å². The van der Waals surface area contributed by atoms with Gasteiger partial charge in [0.2, 0.25) is 0 Å². The molecular formula is C27H36N8O3S. The van der Waals surface area contributed by atoms with E-state index in [0.29, 0.717) is 37.2 Å². The van der Waals surface area contributed by atoms with Gasteiger partial charge in [-0.2, -0.15) is 5.26 Å². The molecule has 5 N–H and O–H groups in total. The lowest BCUT2D eigenvalue weighted by molar-refractivity contribution is -0.124. The first-order chi connectivity index (χ1) is 18.6. The van der Waals surface area contributed by atoms with Crippen LogP contribution in [0, 0.1) is 11.3 Å². The fraction of sp³-hybridized carbons (Fsp3) is 0.444. The molecule has 11 nitrogen and oxygen atoms in total. The van der Waals surface area contributed by atoms with Crippen molar-refractivity contribution in [3.05, 3.63) is 58.9 Å². The first kappa shape index (κ1) is 28.4. The van der Waals surface area contributed by atoms with E-state index in [2.05, 4.69) is 26.1 Å². The summed E-state index contributed by atoms with van der Waals surface area (Å²) in [5.41, 5.74) is 8.16. The van der Waals surface area contributed by atoms with E-state index in [1.165, 1.54) is 7.05 Å². The number of carbonyl (C=O) groups excluding carboxylic acids is 2. The van der Waals surface area contributed by atoms with E-state index >= 15 is 0 Å². The average molecular weight is 553 g/mol. The summed E-state index contributed by atoms with van der Waals surface area (Å²) in [6, 6.07) is 8.95. The number of nitrogens with zero attached hydrogens (tertiary/aromatic N) is 5. The van der Waals surface area contributed by atoms with Crippen molar-refractivity contribution in [2.24, 2.45) is 15.7 Å². The van der Waals surface area contributed by atoms with Crippen LogP contribution in [0.1, 0.15) is 30.4 Å².